The van der Waals surface area contributed by atoms with Gasteiger partial charge in [0, 0.05) is 23.5 Å². The lowest BCUT2D eigenvalue weighted by atomic mass is 9.87. The molecule has 1 aliphatic carbocycles. The predicted molar refractivity (Wildman–Crippen MR) is 125 cm³/mol. The van der Waals surface area contributed by atoms with E-state index in [-0.39, 0.29) is 30.4 Å². The fraction of sp³-hybridized carbons (Fsp3) is 0.400. The van der Waals surface area contributed by atoms with Crippen molar-refractivity contribution >= 4 is 29.5 Å². The number of fused-ring (bicyclic) bond motifs is 1. The Hall–Kier alpha value is -3.21. The van der Waals surface area contributed by atoms with Crippen LogP contribution < -0.4 is 15.4 Å². The van der Waals surface area contributed by atoms with Gasteiger partial charge in [-0.1, -0.05) is 0 Å². The van der Waals surface area contributed by atoms with Gasteiger partial charge in [-0.3, -0.25) is 14.4 Å². The van der Waals surface area contributed by atoms with Crippen molar-refractivity contribution in [2.75, 3.05) is 13.1 Å². The van der Waals surface area contributed by atoms with Gasteiger partial charge in [0.2, 0.25) is 5.91 Å². The van der Waals surface area contributed by atoms with E-state index in [1.807, 2.05) is 0 Å². The van der Waals surface area contributed by atoms with Crippen molar-refractivity contribution in [1.29, 1.82) is 0 Å². The largest absolute Gasteiger partial charge is 0.484 e. The SMILES string of the molecule is O=C(NCCNC(=O)C1Cc2cc(F)ccc2S1)c1cc(F)c(OC2CCC(C(=O)O)CC2)c(F)c1. The quantitative estimate of drug-likeness (QED) is 0.457. The molecule has 2 aromatic carbocycles. The van der Waals surface area contributed by atoms with Crippen molar-refractivity contribution < 1.29 is 37.4 Å². The van der Waals surface area contributed by atoms with E-state index in [4.69, 9.17) is 9.84 Å². The monoisotopic (exact) mass is 522 g/mol. The fourth-order valence-corrected chi connectivity index (χ4v) is 5.54. The third-order valence-corrected chi connectivity index (χ3v) is 7.59. The molecule has 4 rings (SSSR count). The number of nitrogens with one attached hydrogen (secondary N) is 2. The first-order valence-electron chi connectivity index (χ1n) is 11.6. The van der Waals surface area contributed by atoms with Crippen molar-refractivity contribution in [3.05, 3.63) is 58.9 Å². The van der Waals surface area contributed by atoms with E-state index >= 15 is 0 Å². The van der Waals surface area contributed by atoms with E-state index < -0.39 is 46.5 Å². The lowest BCUT2D eigenvalue weighted by Crippen LogP contribution is -2.38. The minimum atomic E-state index is -1.02. The van der Waals surface area contributed by atoms with Gasteiger partial charge in [0.1, 0.15) is 5.82 Å². The topological polar surface area (TPSA) is 105 Å². The van der Waals surface area contributed by atoms with E-state index in [0.29, 0.717) is 32.1 Å². The molecule has 0 aromatic heterocycles. The second-order valence-electron chi connectivity index (χ2n) is 8.81. The molecule has 3 N–H and O–H groups in total. The van der Waals surface area contributed by atoms with Crippen LogP contribution >= 0.6 is 11.8 Å². The minimum absolute atomic E-state index is 0.0395. The molecule has 36 heavy (non-hydrogen) atoms. The van der Waals surface area contributed by atoms with Crippen molar-refractivity contribution in [1.82, 2.24) is 10.6 Å². The number of hydrogen-bond acceptors (Lipinski definition) is 5. The minimum Gasteiger partial charge on any atom is -0.484 e. The lowest BCUT2D eigenvalue weighted by molar-refractivity contribution is -0.143. The smallest absolute Gasteiger partial charge is 0.306 e. The molecule has 2 aromatic rings. The van der Waals surface area contributed by atoms with Crippen LogP contribution in [0.1, 0.15) is 41.6 Å². The van der Waals surface area contributed by atoms with E-state index in [1.165, 1.54) is 23.9 Å². The molecule has 1 aliphatic heterocycles. The Morgan fingerprint density at radius 1 is 0.972 bits per heavy atom. The summed E-state index contributed by atoms with van der Waals surface area (Å²) >= 11 is 1.34. The summed E-state index contributed by atoms with van der Waals surface area (Å²) < 4.78 is 47.8. The number of ether oxygens (including phenoxy) is 1. The first kappa shape index (κ1) is 25.9. The summed E-state index contributed by atoms with van der Waals surface area (Å²) in [6.07, 6.45) is 1.37. The average Bonchev–Trinajstić information content (AvgIpc) is 3.27. The molecule has 0 saturated heterocycles. The van der Waals surface area contributed by atoms with Crippen LogP contribution in [-0.4, -0.2) is 47.3 Å². The maximum atomic E-state index is 14.5. The van der Waals surface area contributed by atoms with Crippen LogP contribution in [-0.2, 0) is 16.0 Å². The Balaban J connectivity index is 1.23. The Morgan fingerprint density at radius 2 is 1.64 bits per heavy atom. The Morgan fingerprint density at radius 3 is 2.31 bits per heavy atom. The van der Waals surface area contributed by atoms with Crippen LogP contribution in [0.5, 0.6) is 5.75 Å². The van der Waals surface area contributed by atoms with Crippen LogP contribution in [0.3, 0.4) is 0 Å². The maximum absolute atomic E-state index is 14.5. The zero-order valence-corrected chi connectivity index (χ0v) is 20.0. The fourth-order valence-electron chi connectivity index (χ4n) is 4.34. The number of halogens is 3. The van der Waals surface area contributed by atoms with Crippen molar-refractivity contribution in [2.45, 2.75) is 48.4 Å². The molecule has 1 saturated carbocycles. The van der Waals surface area contributed by atoms with Gasteiger partial charge in [0.25, 0.3) is 5.91 Å². The average molecular weight is 523 g/mol. The van der Waals surface area contributed by atoms with Crippen LogP contribution in [0.25, 0.3) is 0 Å². The van der Waals surface area contributed by atoms with Gasteiger partial charge >= 0.3 is 5.97 Å². The van der Waals surface area contributed by atoms with Crippen LogP contribution in [0.15, 0.2) is 35.2 Å². The van der Waals surface area contributed by atoms with Gasteiger partial charge in [-0.05, 0) is 68.0 Å². The summed E-state index contributed by atoms with van der Waals surface area (Å²) in [5, 5.41) is 13.8. The van der Waals surface area contributed by atoms with Gasteiger partial charge in [-0.15, -0.1) is 11.8 Å². The summed E-state index contributed by atoms with van der Waals surface area (Å²) in [5.41, 5.74) is 0.542. The van der Waals surface area contributed by atoms with Gasteiger partial charge in [0.05, 0.1) is 17.3 Å². The highest BCUT2D eigenvalue weighted by Crippen LogP contribution is 2.37. The zero-order valence-electron chi connectivity index (χ0n) is 19.2. The van der Waals surface area contributed by atoms with Crippen LogP contribution in [0.2, 0.25) is 0 Å². The highest BCUT2D eigenvalue weighted by molar-refractivity contribution is 8.01. The zero-order chi connectivity index (χ0) is 25.8. The standard InChI is InChI=1S/C25H25F3N2O5S/c26-16-3-6-20-14(9-16)12-21(36-20)24(32)30-8-7-29-23(31)15-10-18(27)22(19(28)11-15)35-17-4-1-13(2-5-17)25(33)34/h3,6,9-11,13,17,21H,1-2,4-5,7-8,12H2,(H,29,31)(H,30,32)(H,33,34). The predicted octanol–water partition coefficient (Wildman–Crippen LogP) is 3.69. The molecule has 0 spiro atoms. The third-order valence-electron chi connectivity index (χ3n) is 6.27. The van der Waals surface area contributed by atoms with E-state index in [9.17, 15) is 27.6 Å². The molecular weight excluding hydrogens is 497 g/mol. The second kappa shape index (κ2) is 11.2. The van der Waals surface area contributed by atoms with Gasteiger partial charge in [-0.2, -0.15) is 0 Å². The molecule has 1 atom stereocenters. The summed E-state index contributed by atoms with van der Waals surface area (Å²) in [5.74, 6) is -5.32. The number of hydrogen-bond donors (Lipinski definition) is 3. The number of aliphatic carboxylic acids is 1. The summed E-state index contributed by atoms with van der Waals surface area (Å²) in [6.45, 7) is 0.148. The highest BCUT2D eigenvalue weighted by atomic mass is 32.2. The lowest BCUT2D eigenvalue weighted by Gasteiger charge is -2.27. The van der Waals surface area contributed by atoms with Crippen LogP contribution in [0, 0.1) is 23.4 Å². The molecule has 1 fully saturated rings. The highest BCUT2D eigenvalue weighted by Gasteiger charge is 2.29. The molecule has 2 amide bonds. The third kappa shape index (κ3) is 6.13. The molecule has 7 nitrogen and oxygen atoms in total. The maximum Gasteiger partial charge on any atom is 0.306 e. The number of carbonyl (C=O) groups excluding carboxylic acids is 2. The molecule has 2 aliphatic rings. The van der Waals surface area contributed by atoms with Crippen molar-refractivity contribution in [3.8, 4) is 5.75 Å². The molecule has 1 heterocycles. The Labute approximate surface area is 209 Å². The van der Waals surface area contributed by atoms with E-state index in [2.05, 4.69) is 10.6 Å². The first-order valence-corrected chi connectivity index (χ1v) is 12.5. The number of carboxylic acids is 1. The van der Waals surface area contributed by atoms with E-state index in [1.54, 1.807) is 6.07 Å². The number of benzene rings is 2. The van der Waals surface area contributed by atoms with E-state index in [0.717, 1.165) is 22.6 Å². The molecule has 0 radical (unpaired) electrons. The number of amides is 2. The first-order chi connectivity index (χ1) is 17.2. The van der Waals surface area contributed by atoms with Crippen LogP contribution in [0.4, 0.5) is 13.2 Å². The summed E-state index contributed by atoms with van der Waals surface area (Å²) in [6, 6.07) is 6.15. The molecule has 11 heteroatoms. The van der Waals surface area contributed by atoms with Crippen molar-refractivity contribution in [2.24, 2.45) is 5.92 Å². The molecule has 1 unspecified atom stereocenters. The summed E-state index contributed by atoms with van der Waals surface area (Å²) in [4.78, 5) is 36.6. The molecular formula is C25H25F3N2O5S. The number of rotatable bonds is 8. The normalized spacial score (nSPS) is 20.9. The molecule has 192 valence electrons. The Bertz CT molecular complexity index is 1150. The van der Waals surface area contributed by atoms with Gasteiger partial charge in [-0.25, -0.2) is 13.2 Å². The number of thioether (sulfide) groups is 1. The summed E-state index contributed by atoms with van der Waals surface area (Å²) in [7, 11) is 0. The number of carboxylic acid groups (broad SMARTS) is 1. The molecule has 0 bridgehead atoms. The Kier molecular flexibility index (Phi) is 8.07. The number of carbonyl (C=O) groups is 3. The second-order valence-corrected chi connectivity index (χ2v) is 10.1. The van der Waals surface area contributed by atoms with Gasteiger partial charge in [0.15, 0.2) is 17.4 Å². The van der Waals surface area contributed by atoms with Crippen molar-refractivity contribution in [3.63, 3.8) is 0 Å². The van der Waals surface area contributed by atoms with Gasteiger partial charge < -0.3 is 20.5 Å².